The Morgan fingerprint density at radius 1 is 1.58 bits per heavy atom. The summed E-state index contributed by atoms with van der Waals surface area (Å²) in [7, 11) is -1.81. The van der Waals surface area contributed by atoms with Gasteiger partial charge in [-0.1, -0.05) is 11.6 Å². The number of halogens is 2. The molecule has 0 atom stereocenters. The summed E-state index contributed by atoms with van der Waals surface area (Å²) in [5.41, 5.74) is 0.0847. The van der Waals surface area contributed by atoms with Crippen molar-refractivity contribution < 1.29 is 13.2 Å². The first-order chi connectivity index (χ1) is 8.88. The van der Waals surface area contributed by atoms with Crippen molar-refractivity contribution in [2.45, 2.75) is 23.5 Å². The van der Waals surface area contributed by atoms with E-state index in [4.69, 9.17) is 16.3 Å². The van der Waals surface area contributed by atoms with Crippen LogP contribution in [0.15, 0.2) is 14.1 Å². The maximum Gasteiger partial charge on any atom is 0.250 e. The minimum absolute atomic E-state index is 0.0847. The number of rotatable bonds is 7. The second-order valence-corrected chi connectivity index (χ2v) is 9.53. The molecule has 1 aliphatic rings. The van der Waals surface area contributed by atoms with Gasteiger partial charge >= 0.3 is 0 Å². The minimum atomic E-state index is -3.47. The molecule has 0 bridgehead atoms. The molecule has 1 heterocycles. The molecule has 0 amide bonds. The van der Waals surface area contributed by atoms with Gasteiger partial charge in [0.1, 0.15) is 4.21 Å². The zero-order valence-electron chi connectivity index (χ0n) is 10.4. The molecule has 1 saturated carbocycles. The van der Waals surface area contributed by atoms with Gasteiger partial charge in [0.25, 0.3) is 0 Å². The van der Waals surface area contributed by atoms with Crippen molar-refractivity contribution in [1.29, 1.82) is 0 Å². The van der Waals surface area contributed by atoms with Crippen LogP contribution in [-0.4, -0.2) is 28.7 Å². The van der Waals surface area contributed by atoms with Gasteiger partial charge in [-0.25, -0.2) is 13.1 Å². The Kier molecular flexibility index (Phi) is 4.96. The van der Waals surface area contributed by atoms with Crippen LogP contribution < -0.4 is 4.72 Å². The summed E-state index contributed by atoms with van der Waals surface area (Å²) in [4.78, 5) is 0. The van der Waals surface area contributed by atoms with Crippen molar-refractivity contribution in [3.8, 4) is 0 Å². The molecule has 1 N–H and O–H groups in total. The summed E-state index contributed by atoms with van der Waals surface area (Å²) in [5, 5.41) is 0.422. The number of thiophene rings is 1. The number of nitrogens with one attached hydrogen (secondary N) is 1. The highest BCUT2D eigenvalue weighted by Crippen LogP contribution is 2.48. The number of hydrogen-bond donors (Lipinski definition) is 1. The predicted octanol–water partition coefficient (Wildman–Crippen LogP) is 3.26. The average molecular weight is 389 g/mol. The molecule has 1 aromatic rings. The van der Waals surface area contributed by atoms with Crippen LogP contribution in [0.4, 0.5) is 0 Å². The van der Waals surface area contributed by atoms with Crippen molar-refractivity contribution in [1.82, 2.24) is 4.72 Å². The van der Waals surface area contributed by atoms with E-state index in [2.05, 4.69) is 20.7 Å². The lowest BCUT2D eigenvalue weighted by Gasteiger charge is -2.15. The Hall–Kier alpha value is 0.340. The molecule has 4 nitrogen and oxygen atoms in total. The zero-order valence-corrected chi connectivity index (χ0v) is 14.4. The Balaban J connectivity index is 1.98. The standard InChI is InChI=1S/C11H15BrClNO3S2/c1-17-5-4-11(2-3-11)7-14-19(15,16)9-6-8(13)10(12)18-9/h6,14H,2-5,7H2,1H3. The molecule has 0 radical (unpaired) electrons. The van der Waals surface area contributed by atoms with Crippen molar-refractivity contribution in [3.05, 3.63) is 14.9 Å². The highest BCUT2D eigenvalue weighted by Gasteiger charge is 2.42. The lowest BCUT2D eigenvalue weighted by Crippen LogP contribution is -2.30. The molecule has 0 spiro atoms. The Labute approximate surface area is 130 Å². The van der Waals surface area contributed by atoms with Crippen molar-refractivity contribution in [2.24, 2.45) is 5.41 Å². The van der Waals surface area contributed by atoms with E-state index in [1.807, 2.05) is 0 Å². The number of sulfonamides is 1. The first kappa shape index (κ1) is 15.7. The first-order valence-corrected chi connectivity index (χ1v) is 9.29. The first-order valence-electron chi connectivity index (χ1n) is 5.82. The van der Waals surface area contributed by atoms with Crippen LogP contribution in [0.5, 0.6) is 0 Å². The normalized spacial score (nSPS) is 17.6. The smallest absolute Gasteiger partial charge is 0.250 e. The third-order valence-corrected chi connectivity index (χ3v) is 7.67. The van der Waals surface area contributed by atoms with Crippen LogP contribution in [0.25, 0.3) is 0 Å². The van der Waals surface area contributed by atoms with E-state index in [1.54, 1.807) is 7.11 Å². The fourth-order valence-corrected chi connectivity index (χ4v) is 5.39. The molecule has 1 aromatic heterocycles. The molecule has 0 saturated heterocycles. The van der Waals surface area contributed by atoms with Crippen molar-refractivity contribution >= 4 is 48.9 Å². The lowest BCUT2D eigenvalue weighted by molar-refractivity contribution is 0.173. The Morgan fingerprint density at radius 3 is 2.74 bits per heavy atom. The molecule has 19 heavy (non-hydrogen) atoms. The Morgan fingerprint density at radius 2 is 2.26 bits per heavy atom. The highest BCUT2D eigenvalue weighted by atomic mass is 79.9. The van der Waals surface area contributed by atoms with Gasteiger partial charge in [0, 0.05) is 20.3 Å². The van der Waals surface area contributed by atoms with Gasteiger partial charge < -0.3 is 4.74 Å². The van der Waals surface area contributed by atoms with E-state index in [9.17, 15) is 8.42 Å². The largest absolute Gasteiger partial charge is 0.385 e. The van der Waals surface area contributed by atoms with Gasteiger partial charge in [0.2, 0.25) is 10.0 Å². The highest BCUT2D eigenvalue weighted by molar-refractivity contribution is 9.11. The zero-order chi connectivity index (χ0) is 14.1. The maximum atomic E-state index is 12.1. The van der Waals surface area contributed by atoms with E-state index < -0.39 is 10.0 Å². The van der Waals surface area contributed by atoms with E-state index in [0.717, 1.165) is 30.6 Å². The molecular weight excluding hydrogens is 374 g/mol. The molecule has 0 aliphatic heterocycles. The molecule has 0 unspecified atom stereocenters. The molecule has 8 heteroatoms. The number of ether oxygens (including phenoxy) is 1. The van der Waals surface area contributed by atoms with E-state index >= 15 is 0 Å². The van der Waals surface area contributed by atoms with Gasteiger partial charge in [-0.05, 0) is 46.7 Å². The molecule has 1 aliphatic carbocycles. The third-order valence-electron chi connectivity index (χ3n) is 3.32. The van der Waals surface area contributed by atoms with Crippen LogP contribution in [0.2, 0.25) is 5.02 Å². The van der Waals surface area contributed by atoms with Crippen LogP contribution in [0.3, 0.4) is 0 Å². The summed E-state index contributed by atoms with van der Waals surface area (Å²) in [5.74, 6) is 0. The molecule has 0 aromatic carbocycles. The fraction of sp³-hybridized carbons (Fsp3) is 0.636. The predicted molar refractivity (Wildman–Crippen MR) is 80.4 cm³/mol. The summed E-state index contributed by atoms with van der Waals surface area (Å²) in [6.07, 6.45) is 2.99. The number of methoxy groups -OCH3 is 1. The second kappa shape index (κ2) is 5.99. The molecule has 108 valence electrons. The quantitative estimate of drug-likeness (QED) is 0.780. The summed E-state index contributed by atoms with van der Waals surface area (Å²) in [6, 6.07) is 1.47. The maximum absolute atomic E-state index is 12.1. The molecule has 2 rings (SSSR count). The van der Waals surface area contributed by atoms with Gasteiger partial charge in [0.15, 0.2) is 0 Å². The van der Waals surface area contributed by atoms with E-state index in [-0.39, 0.29) is 9.62 Å². The van der Waals surface area contributed by atoms with Crippen LogP contribution >= 0.6 is 38.9 Å². The summed E-state index contributed by atoms with van der Waals surface area (Å²) in [6.45, 7) is 1.13. The van der Waals surface area contributed by atoms with Crippen LogP contribution in [-0.2, 0) is 14.8 Å². The average Bonchev–Trinajstić information content (AvgIpc) is 3.06. The summed E-state index contributed by atoms with van der Waals surface area (Å²) >= 11 is 10.2. The summed E-state index contributed by atoms with van der Waals surface area (Å²) < 4.78 is 32.9. The van der Waals surface area contributed by atoms with Gasteiger partial charge in [0.05, 0.1) is 8.81 Å². The second-order valence-electron chi connectivity index (χ2n) is 4.75. The van der Waals surface area contributed by atoms with Crippen LogP contribution in [0, 0.1) is 5.41 Å². The van der Waals surface area contributed by atoms with Gasteiger partial charge in [-0.15, -0.1) is 11.3 Å². The third kappa shape index (κ3) is 3.92. The lowest BCUT2D eigenvalue weighted by atomic mass is 10.0. The van der Waals surface area contributed by atoms with E-state index in [1.165, 1.54) is 6.07 Å². The fourth-order valence-electron chi connectivity index (χ4n) is 1.79. The van der Waals surface area contributed by atoms with Gasteiger partial charge in [-0.3, -0.25) is 0 Å². The topological polar surface area (TPSA) is 55.4 Å². The van der Waals surface area contributed by atoms with Gasteiger partial charge in [-0.2, -0.15) is 0 Å². The van der Waals surface area contributed by atoms with Crippen molar-refractivity contribution in [2.75, 3.05) is 20.3 Å². The monoisotopic (exact) mass is 387 g/mol. The molecular formula is C11H15BrClNO3S2. The van der Waals surface area contributed by atoms with E-state index in [0.29, 0.717) is 22.0 Å². The van der Waals surface area contributed by atoms with Crippen molar-refractivity contribution in [3.63, 3.8) is 0 Å². The van der Waals surface area contributed by atoms with Crippen LogP contribution in [0.1, 0.15) is 19.3 Å². The number of hydrogen-bond acceptors (Lipinski definition) is 4. The SMILES string of the molecule is COCCC1(CNS(=O)(=O)c2cc(Cl)c(Br)s2)CC1. The molecule has 1 fully saturated rings. The Bertz CT molecular complexity index is 535. The minimum Gasteiger partial charge on any atom is -0.385 e.